The number of carbonyl (C=O) groups is 2. The Kier molecular flexibility index (Phi) is 7.21. The molecule has 0 radical (unpaired) electrons. The molecule has 1 atom stereocenters. The second kappa shape index (κ2) is 9.88. The topological polar surface area (TPSA) is 130 Å². The van der Waals surface area contributed by atoms with E-state index in [4.69, 9.17) is 0 Å². The van der Waals surface area contributed by atoms with E-state index >= 15 is 0 Å². The zero-order chi connectivity index (χ0) is 23.3. The molecule has 1 aromatic heterocycles. The highest BCUT2D eigenvalue weighted by Crippen LogP contribution is 2.25. The Morgan fingerprint density at radius 1 is 1.06 bits per heavy atom. The number of hydrogen-bond donors (Lipinski definition) is 3. The van der Waals surface area contributed by atoms with Gasteiger partial charge in [-0.1, -0.05) is 48.1 Å². The summed E-state index contributed by atoms with van der Waals surface area (Å²) in [6, 6.07) is 13.2. The molecule has 0 fully saturated rings. The van der Waals surface area contributed by atoms with Crippen LogP contribution < -0.4 is 15.4 Å². The van der Waals surface area contributed by atoms with Crippen molar-refractivity contribution in [2.75, 3.05) is 10.0 Å². The lowest BCUT2D eigenvalue weighted by Crippen LogP contribution is -2.32. The second-order valence-corrected chi connectivity index (χ2v) is 9.96. The molecule has 2 aromatic carbocycles. The van der Waals surface area contributed by atoms with E-state index in [1.54, 1.807) is 30.3 Å². The Hall–Kier alpha value is -3.31. The van der Waals surface area contributed by atoms with Crippen molar-refractivity contribution in [2.45, 2.75) is 37.6 Å². The molecule has 1 heterocycles. The zero-order valence-electron chi connectivity index (χ0n) is 17.7. The van der Waals surface area contributed by atoms with Crippen LogP contribution in [0.15, 0.2) is 52.9 Å². The zero-order valence-corrected chi connectivity index (χ0v) is 19.4. The lowest BCUT2D eigenvalue weighted by atomic mass is 10.1. The fraction of sp³-hybridized carbons (Fsp3) is 0.238. The fourth-order valence-electron chi connectivity index (χ4n) is 2.69. The molecular formula is C21H23N5O4S2. The van der Waals surface area contributed by atoms with Crippen LogP contribution in [0.25, 0.3) is 0 Å². The summed E-state index contributed by atoms with van der Waals surface area (Å²) in [5.41, 5.74) is 1.64. The normalized spacial score (nSPS) is 12.1. The minimum atomic E-state index is -4.13. The van der Waals surface area contributed by atoms with Crippen molar-refractivity contribution in [3.8, 4) is 0 Å². The van der Waals surface area contributed by atoms with E-state index in [2.05, 4.69) is 25.6 Å². The standard InChI is InChI=1S/C21H23N5O4S2/c1-4-14(3)22-19(28)16-10-5-6-11-17(16)26-32(29,30)21-25-24-20(31-21)23-18(27)15-9-7-8-13(2)12-15/h5-12,14,26H,4H2,1-3H3,(H,22,28)(H,23,24,27)/t14-/m0/s1. The molecule has 0 aliphatic carbocycles. The highest BCUT2D eigenvalue weighted by atomic mass is 32.2. The maximum Gasteiger partial charge on any atom is 0.291 e. The van der Waals surface area contributed by atoms with Gasteiger partial charge in [-0.05, 0) is 44.5 Å². The molecule has 3 aromatic rings. The van der Waals surface area contributed by atoms with Gasteiger partial charge >= 0.3 is 0 Å². The number of amides is 2. The molecule has 9 nitrogen and oxygen atoms in total. The van der Waals surface area contributed by atoms with Gasteiger partial charge in [-0.25, -0.2) is 0 Å². The lowest BCUT2D eigenvalue weighted by molar-refractivity contribution is 0.0939. The van der Waals surface area contributed by atoms with Crippen LogP contribution in [0.4, 0.5) is 10.8 Å². The van der Waals surface area contributed by atoms with Crippen LogP contribution in [0.5, 0.6) is 0 Å². The van der Waals surface area contributed by atoms with Gasteiger partial charge < -0.3 is 5.32 Å². The molecule has 32 heavy (non-hydrogen) atoms. The SMILES string of the molecule is CC[C@H](C)NC(=O)c1ccccc1NS(=O)(=O)c1nnc(NC(=O)c2cccc(C)c2)s1. The number of benzene rings is 2. The molecule has 168 valence electrons. The number of anilines is 2. The van der Waals surface area contributed by atoms with Crippen LogP contribution >= 0.6 is 11.3 Å². The molecule has 0 unspecified atom stereocenters. The van der Waals surface area contributed by atoms with Gasteiger partial charge in [0.15, 0.2) is 0 Å². The summed E-state index contributed by atoms with van der Waals surface area (Å²) in [5, 5.41) is 12.8. The van der Waals surface area contributed by atoms with E-state index in [-0.39, 0.29) is 32.7 Å². The third-order valence-electron chi connectivity index (χ3n) is 4.54. The molecule has 3 rings (SSSR count). The number of carbonyl (C=O) groups excluding carboxylic acids is 2. The van der Waals surface area contributed by atoms with E-state index in [9.17, 15) is 18.0 Å². The molecule has 3 N–H and O–H groups in total. The predicted octanol–water partition coefficient (Wildman–Crippen LogP) is 3.43. The van der Waals surface area contributed by atoms with E-state index in [1.165, 1.54) is 12.1 Å². The molecule has 0 saturated carbocycles. The van der Waals surface area contributed by atoms with Crippen LogP contribution in [0.3, 0.4) is 0 Å². The minimum absolute atomic E-state index is 0.0414. The smallest absolute Gasteiger partial charge is 0.291 e. The van der Waals surface area contributed by atoms with E-state index in [0.29, 0.717) is 16.9 Å². The number of rotatable bonds is 8. The lowest BCUT2D eigenvalue weighted by Gasteiger charge is -2.14. The van der Waals surface area contributed by atoms with Crippen LogP contribution in [0.1, 0.15) is 46.5 Å². The Morgan fingerprint density at radius 2 is 1.81 bits per heavy atom. The molecule has 0 spiro atoms. The van der Waals surface area contributed by atoms with E-state index in [0.717, 1.165) is 12.0 Å². The van der Waals surface area contributed by atoms with E-state index in [1.807, 2.05) is 26.8 Å². The van der Waals surface area contributed by atoms with Gasteiger partial charge in [-0.3, -0.25) is 19.6 Å². The van der Waals surface area contributed by atoms with Crippen molar-refractivity contribution < 1.29 is 18.0 Å². The summed E-state index contributed by atoms with van der Waals surface area (Å²) in [7, 11) is -4.13. The number of aromatic nitrogens is 2. The molecule has 0 aliphatic heterocycles. The summed E-state index contributed by atoms with van der Waals surface area (Å²) in [5.74, 6) is -0.810. The third-order valence-corrected chi connectivity index (χ3v) is 7.11. The Balaban J connectivity index is 1.77. The first-order chi connectivity index (χ1) is 15.2. The summed E-state index contributed by atoms with van der Waals surface area (Å²) < 4.78 is 27.7. The first-order valence-electron chi connectivity index (χ1n) is 9.84. The largest absolute Gasteiger partial charge is 0.350 e. The van der Waals surface area contributed by atoms with Crippen LogP contribution in [0.2, 0.25) is 0 Å². The van der Waals surface area contributed by atoms with Gasteiger partial charge in [-0.15, -0.1) is 10.2 Å². The number of aryl methyl sites for hydroxylation is 1. The minimum Gasteiger partial charge on any atom is -0.350 e. The number of hydrogen-bond acceptors (Lipinski definition) is 7. The molecule has 0 saturated heterocycles. The Bertz CT molecular complexity index is 1240. The van der Waals surface area contributed by atoms with Gasteiger partial charge in [0.25, 0.3) is 26.2 Å². The predicted molar refractivity (Wildman–Crippen MR) is 124 cm³/mol. The maximum atomic E-state index is 12.8. The first kappa shape index (κ1) is 23.4. The van der Waals surface area contributed by atoms with Gasteiger partial charge in [0.05, 0.1) is 11.3 Å². The van der Waals surface area contributed by atoms with Crippen molar-refractivity contribution in [3.05, 3.63) is 65.2 Å². The molecule has 11 heteroatoms. The van der Waals surface area contributed by atoms with Crippen molar-refractivity contribution in [1.29, 1.82) is 0 Å². The average Bonchev–Trinajstić information content (AvgIpc) is 3.23. The molecular weight excluding hydrogens is 450 g/mol. The summed E-state index contributed by atoms with van der Waals surface area (Å²) >= 11 is 0.710. The van der Waals surface area contributed by atoms with Crippen molar-refractivity contribution in [3.63, 3.8) is 0 Å². The van der Waals surface area contributed by atoms with Crippen molar-refractivity contribution in [1.82, 2.24) is 15.5 Å². The fourth-order valence-corrected chi connectivity index (χ4v) is 4.66. The van der Waals surface area contributed by atoms with Gasteiger partial charge in [0.2, 0.25) is 5.13 Å². The first-order valence-corrected chi connectivity index (χ1v) is 12.1. The van der Waals surface area contributed by atoms with Crippen LogP contribution in [-0.4, -0.2) is 36.5 Å². The van der Waals surface area contributed by atoms with Crippen molar-refractivity contribution >= 4 is 44.0 Å². The quantitative estimate of drug-likeness (QED) is 0.430. The third kappa shape index (κ3) is 5.68. The summed E-state index contributed by atoms with van der Waals surface area (Å²) in [6.07, 6.45) is 0.738. The molecule has 0 bridgehead atoms. The molecule has 2 amide bonds. The van der Waals surface area contributed by atoms with Crippen molar-refractivity contribution in [2.24, 2.45) is 0 Å². The van der Waals surface area contributed by atoms with Gasteiger partial charge in [0.1, 0.15) is 0 Å². The average molecular weight is 474 g/mol. The number of nitrogens with zero attached hydrogens (tertiary/aromatic N) is 2. The Morgan fingerprint density at radius 3 is 2.53 bits per heavy atom. The van der Waals surface area contributed by atoms with Gasteiger partial charge in [0, 0.05) is 11.6 Å². The van der Waals surface area contributed by atoms with E-state index < -0.39 is 15.9 Å². The highest BCUT2D eigenvalue weighted by Gasteiger charge is 2.24. The molecule has 0 aliphatic rings. The number of nitrogens with one attached hydrogen (secondary N) is 3. The number of sulfonamides is 1. The second-order valence-electron chi connectivity index (χ2n) is 7.13. The summed E-state index contributed by atoms with van der Waals surface area (Å²) in [4.78, 5) is 24.9. The van der Waals surface area contributed by atoms with Crippen LogP contribution in [0, 0.1) is 6.92 Å². The van der Waals surface area contributed by atoms with Gasteiger partial charge in [-0.2, -0.15) is 8.42 Å². The van der Waals surface area contributed by atoms with Crippen LogP contribution in [-0.2, 0) is 10.0 Å². The Labute approximate surface area is 190 Å². The maximum absolute atomic E-state index is 12.8. The monoisotopic (exact) mass is 473 g/mol. The summed E-state index contributed by atoms with van der Waals surface area (Å²) in [6.45, 7) is 5.65. The number of para-hydroxylation sites is 1. The highest BCUT2D eigenvalue weighted by molar-refractivity contribution is 7.94.